The Bertz CT molecular complexity index is 1160. The van der Waals surface area contributed by atoms with Crippen molar-refractivity contribution >= 4 is 34.8 Å². The first-order chi connectivity index (χ1) is 15.8. The van der Waals surface area contributed by atoms with E-state index in [1.54, 1.807) is 19.9 Å². The minimum absolute atomic E-state index is 0.0562. The normalized spacial score (nSPS) is 21.9. The van der Waals surface area contributed by atoms with Gasteiger partial charge in [-0.2, -0.15) is 18.2 Å². The molecule has 1 fully saturated rings. The lowest BCUT2D eigenvalue weighted by atomic mass is 9.77. The summed E-state index contributed by atoms with van der Waals surface area (Å²) in [6.07, 6.45) is -1.20. The summed E-state index contributed by atoms with van der Waals surface area (Å²) >= 11 is 6.63. The van der Waals surface area contributed by atoms with Gasteiger partial charge in [-0.05, 0) is 63.0 Å². The molecule has 0 spiro atoms. The number of aromatic nitrogens is 2. The first-order valence-electron chi connectivity index (χ1n) is 10.9. The van der Waals surface area contributed by atoms with Crippen LogP contribution in [0.5, 0.6) is 5.88 Å². The van der Waals surface area contributed by atoms with Gasteiger partial charge >= 0.3 is 12.1 Å². The van der Waals surface area contributed by atoms with E-state index in [4.69, 9.17) is 27.2 Å². The predicted octanol–water partition coefficient (Wildman–Crippen LogP) is 5.77. The van der Waals surface area contributed by atoms with Crippen LogP contribution in [0.25, 0.3) is 0 Å². The van der Waals surface area contributed by atoms with Crippen molar-refractivity contribution in [2.45, 2.75) is 63.6 Å². The van der Waals surface area contributed by atoms with Crippen molar-refractivity contribution in [1.82, 2.24) is 9.97 Å². The van der Waals surface area contributed by atoms with Gasteiger partial charge in [-0.3, -0.25) is 4.79 Å². The van der Waals surface area contributed by atoms with Gasteiger partial charge in [0.25, 0.3) is 0 Å². The van der Waals surface area contributed by atoms with Gasteiger partial charge in [0, 0.05) is 17.0 Å². The molecule has 11 heteroatoms. The largest absolute Gasteiger partial charge is 0.481 e. The van der Waals surface area contributed by atoms with Crippen molar-refractivity contribution in [3.05, 3.63) is 40.2 Å². The number of alkyl halides is 3. The van der Waals surface area contributed by atoms with E-state index in [9.17, 15) is 18.0 Å². The molecule has 0 bridgehead atoms. The van der Waals surface area contributed by atoms with Crippen molar-refractivity contribution in [3.8, 4) is 5.88 Å². The second-order valence-electron chi connectivity index (χ2n) is 9.21. The molecule has 0 atom stereocenters. The third-order valence-electron chi connectivity index (χ3n) is 6.30. The van der Waals surface area contributed by atoms with Gasteiger partial charge in [-0.15, -0.1) is 0 Å². The minimum Gasteiger partial charge on any atom is -0.481 e. The summed E-state index contributed by atoms with van der Waals surface area (Å²) in [6.45, 7) is 3.34. The SMILES string of the molecule is CC1(C)Oc2nc(C(F)(F)F)nc(N)c2N=C1c1ccc(C2CCC(CC(=O)O)CC2)c(Cl)c1. The summed E-state index contributed by atoms with van der Waals surface area (Å²) in [7, 11) is 0. The number of anilines is 1. The Morgan fingerprint density at radius 3 is 2.50 bits per heavy atom. The van der Waals surface area contributed by atoms with Crippen molar-refractivity contribution in [2.75, 3.05) is 5.73 Å². The molecule has 7 nitrogen and oxygen atoms in total. The van der Waals surface area contributed by atoms with Gasteiger partial charge in [0.05, 0.1) is 5.71 Å². The monoisotopic (exact) mass is 496 g/mol. The molecule has 1 aliphatic carbocycles. The lowest BCUT2D eigenvalue weighted by Gasteiger charge is -2.33. The topological polar surface area (TPSA) is 111 Å². The Kier molecular flexibility index (Phi) is 6.22. The van der Waals surface area contributed by atoms with E-state index in [1.807, 2.05) is 12.1 Å². The van der Waals surface area contributed by atoms with E-state index in [0.717, 1.165) is 31.2 Å². The van der Waals surface area contributed by atoms with Crippen molar-refractivity contribution in [3.63, 3.8) is 0 Å². The summed E-state index contributed by atoms with van der Waals surface area (Å²) in [5, 5.41) is 9.55. The Labute approximate surface area is 199 Å². The first kappa shape index (κ1) is 24.3. The number of carboxylic acid groups (broad SMARTS) is 1. The molecule has 2 aliphatic rings. The molecule has 2 aromatic rings. The number of hydrogen-bond acceptors (Lipinski definition) is 6. The van der Waals surface area contributed by atoms with E-state index in [2.05, 4.69) is 15.0 Å². The maximum Gasteiger partial charge on any atom is 0.451 e. The van der Waals surface area contributed by atoms with Gasteiger partial charge < -0.3 is 15.6 Å². The number of hydrogen-bond donors (Lipinski definition) is 2. The van der Waals surface area contributed by atoms with Gasteiger partial charge in [-0.1, -0.05) is 23.7 Å². The zero-order valence-electron chi connectivity index (χ0n) is 18.6. The molecular weight excluding hydrogens is 473 g/mol. The quantitative estimate of drug-likeness (QED) is 0.555. The molecule has 0 radical (unpaired) electrons. The fourth-order valence-electron chi connectivity index (χ4n) is 4.63. The highest BCUT2D eigenvalue weighted by atomic mass is 35.5. The van der Waals surface area contributed by atoms with Crippen molar-refractivity contribution in [2.24, 2.45) is 10.9 Å². The van der Waals surface area contributed by atoms with Crippen LogP contribution in [0, 0.1) is 5.92 Å². The smallest absolute Gasteiger partial charge is 0.451 e. The number of nitrogens with two attached hydrogens (primary N) is 1. The molecule has 1 aromatic carbocycles. The average Bonchev–Trinajstić information content (AvgIpc) is 2.72. The second-order valence-corrected chi connectivity index (χ2v) is 9.62. The minimum atomic E-state index is -4.77. The van der Waals surface area contributed by atoms with Crippen molar-refractivity contribution < 1.29 is 27.8 Å². The van der Waals surface area contributed by atoms with Crippen LogP contribution in [0.3, 0.4) is 0 Å². The number of benzene rings is 1. The summed E-state index contributed by atoms with van der Waals surface area (Å²) in [4.78, 5) is 22.3. The van der Waals surface area contributed by atoms with E-state index < -0.39 is 29.4 Å². The number of nitrogen functional groups attached to an aromatic ring is 1. The second kappa shape index (κ2) is 8.72. The molecule has 0 amide bonds. The molecule has 1 saturated carbocycles. The van der Waals surface area contributed by atoms with Gasteiger partial charge in [0.2, 0.25) is 11.7 Å². The zero-order chi connectivity index (χ0) is 24.8. The number of carboxylic acids is 1. The number of rotatable bonds is 4. The fourth-order valence-corrected chi connectivity index (χ4v) is 4.97. The highest BCUT2D eigenvalue weighted by molar-refractivity contribution is 6.32. The Morgan fingerprint density at radius 1 is 1.24 bits per heavy atom. The van der Waals surface area contributed by atoms with Gasteiger partial charge in [0.1, 0.15) is 5.60 Å². The molecule has 3 N–H and O–H groups in total. The van der Waals surface area contributed by atoms with Crippen molar-refractivity contribution in [1.29, 1.82) is 0 Å². The van der Waals surface area contributed by atoms with Crippen LogP contribution in [-0.4, -0.2) is 32.4 Å². The van der Waals surface area contributed by atoms with E-state index >= 15 is 0 Å². The zero-order valence-corrected chi connectivity index (χ0v) is 19.4. The standard InChI is InChI=1S/C23H24ClF3N4O3/c1-22(2)18(29-17-19(28)30-21(23(25,26)27)31-20(17)34-22)13-7-8-14(15(24)10-13)12-5-3-11(4-6-12)9-16(32)33/h7-8,10-12H,3-6,9H2,1-2H3,(H,32,33)(H2,28,30,31). The maximum absolute atomic E-state index is 13.1. The number of carbonyl (C=O) groups is 1. The number of nitrogens with zero attached hydrogens (tertiary/aromatic N) is 3. The first-order valence-corrected chi connectivity index (χ1v) is 11.3. The summed E-state index contributed by atoms with van der Waals surface area (Å²) in [6, 6.07) is 5.53. The number of ether oxygens (including phenoxy) is 1. The molecule has 4 rings (SSSR count). The van der Waals surface area contributed by atoms with Crippen LogP contribution in [0.1, 0.15) is 68.8 Å². The van der Waals surface area contributed by atoms with Crippen LogP contribution in [0.15, 0.2) is 23.2 Å². The fraction of sp³-hybridized carbons (Fsp3) is 0.478. The molecular formula is C23H24ClF3N4O3. The van der Waals surface area contributed by atoms with Gasteiger partial charge in [0.15, 0.2) is 11.5 Å². The van der Waals surface area contributed by atoms with Gasteiger partial charge in [-0.25, -0.2) is 9.98 Å². The maximum atomic E-state index is 13.1. The molecule has 182 valence electrons. The summed E-state index contributed by atoms with van der Waals surface area (Å²) in [5.41, 5.74) is 6.66. The Morgan fingerprint density at radius 2 is 1.91 bits per heavy atom. The van der Waals surface area contributed by atoms with Crippen LogP contribution < -0.4 is 10.5 Å². The lowest BCUT2D eigenvalue weighted by molar-refractivity contribution is -0.145. The highest BCUT2D eigenvalue weighted by Crippen LogP contribution is 2.43. The van der Waals surface area contributed by atoms with Crippen LogP contribution in [-0.2, 0) is 11.0 Å². The number of aliphatic imine (C=N–C) groups is 1. The lowest BCUT2D eigenvalue weighted by Crippen LogP contribution is -2.41. The molecule has 1 aromatic heterocycles. The summed E-state index contributed by atoms with van der Waals surface area (Å²) in [5.74, 6) is -2.49. The average molecular weight is 497 g/mol. The third kappa shape index (κ3) is 4.82. The van der Waals surface area contributed by atoms with E-state index in [1.165, 1.54) is 0 Å². The van der Waals surface area contributed by atoms with Crippen LogP contribution in [0.2, 0.25) is 5.02 Å². The molecule has 1 aliphatic heterocycles. The Hall–Kier alpha value is -2.88. The molecule has 2 heterocycles. The predicted molar refractivity (Wildman–Crippen MR) is 121 cm³/mol. The molecule has 0 saturated heterocycles. The van der Waals surface area contributed by atoms with E-state index in [0.29, 0.717) is 16.3 Å². The number of fused-ring (bicyclic) bond motifs is 1. The highest BCUT2D eigenvalue weighted by Gasteiger charge is 2.40. The molecule has 0 unspecified atom stereocenters. The molecule has 34 heavy (non-hydrogen) atoms. The summed E-state index contributed by atoms with van der Waals surface area (Å²) < 4.78 is 45.0. The number of aliphatic carboxylic acids is 1. The third-order valence-corrected chi connectivity index (χ3v) is 6.63. The number of halogens is 4. The van der Waals surface area contributed by atoms with Crippen LogP contribution in [0.4, 0.5) is 24.7 Å². The Balaban J connectivity index is 1.62. The van der Waals surface area contributed by atoms with E-state index in [-0.39, 0.29) is 29.8 Å². The van der Waals surface area contributed by atoms with Crippen LogP contribution >= 0.6 is 11.6 Å².